The van der Waals surface area contributed by atoms with Crippen molar-refractivity contribution in [3.63, 3.8) is 0 Å². The van der Waals surface area contributed by atoms with Gasteiger partial charge in [-0.3, -0.25) is 0 Å². The van der Waals surface area contributed by atoms with E-state index >= 15 is 0 Å². The van der Waals surface area contributed by atoms with Crippen molar-refractivity contribution in [3.8, 4) is 0 Å². The molecule has 0 fully saturated rings. The predicted octanol–water partition coefficient (Wildman–Crippen LogP) is -0.0538. The van der Waals surface area contributed by atoms with E-state index < -0.39 is 24.1 Å². The smallest absolute Gasteiger partial charge is 0.596 e. The zero-order valence-corrected chi connectivity index (χ0v) is 13.3. The minimum absolute atomic E-state index is 0. The first kappa shape index (κ1) is 25.5. The maximum absolute atomic E-state index is 9.41. The van der Waals surface area contributed by atoms with Gasteiger partial charge in [-0.1, -0.05) is 13.7 Å². The summed E-state index contributed by atoms with van der Waals surface area (Å²) in [6.45, 7) is 4.81. The largest absolute Gasteiger partial charge is 3.00 e. The number of hydrogen-bond acceptors (Lipinski definition) is 6. The third-order valence-electron chi connectivity index (χ3n) is 0.775. The molecule has 0 amide bonds. The molecule has 10 heteroatoms. The van der Waals surface area contributed by atoms with Crippen LogP contribution in [0.25, 0.3) is 0 Å². The second kappa shape index (κ2) is 21.0. The maximum atomic E-state index is 9.41. The van der Waals surface area contributed by atoms with E-state index in [0.29, 0.717) is 0 Å². The van der Waals surface area contributed by atoms with Gasteiger partial charge in [0.1, 0.15) is 18.5 Å². The summed E-state index contributed by atoms with van der Waals surface area (Å²) in [4.78, 5) is 28.2. The van der Waals surface area contributed by atoms with Crippen LogP contribution in [-0.2, 0) is 13.7 Å². The SMILES string of the molecule is CC[P+](=O)[O-].CC[P+](=O)[O-].CC[P+](=O)[O-].[Al+3]. The second-order valence-electron chi connectivity index (χ2n) is 1.95. The predicted molar refractivity (Wildman–Crippen MR) is 60.2 cm³/mol. The molecule has 0 saturated carbocycles. The monoisotopic (exact) mass is 303 g/mol. The van der Waals surface area contributed by atoms with Gasteiger partial charge in [-0.2, -0.15) is 0 Å². The van der Waals surface area contributed by atoms with E-state index in [1.165, 1.54) is 0 Å². The molecule has 16 heavy (non-hydrogen) atoms. The summed E-state index contributed by atoms with van der Waals surface area (Å²) in [5.74, 6) is 0. The Morgan fingerprint density at radius 1 is 0.688 bits per heavy atom. The van der Waals surface area contributed by atoms with Crippen LogP contribution in [-0.4, -0.2) is 35.8 Å². The maximum Gasteiger partial charge on any atom is 3.00 e. The van der Waals surface area contributed by atoms with Crippen LogP contribution >= 0.6 is 24.1 Å². The van der Waals surface area contributed by atoms with Gasteiger partial charge in [-0.15, -0.1) is 0 Å². The summed E-state index contributed by atoms with van der Waals surface area (Å²) in [5.41, 5.74) is 0. The average molecular weight is 303 g/mol. The van der Waals surface area contributed by atoms with Crippen molar-refractivity contribution in [3.05, 3.63) is 0 Å². The molecule has 3 atom stereocenters. The van der Waals surface area contributed by atoms with Crippen molar-refractivity contribution in [2.45, 2.75) is 20.8 Å². The van der Waals surface area contributed by atoms with E-state index in [4.69, 9.17) is 0 Å². The summed E-state index contributed by atoms with van der Waals surface area (Å²) in [6.07, 6.45) is 0.778. The Balaban J connectivity index is -0.0000000655. The topological polar surface area (TPSA) is 120 Å². The van der Waals surface area contributed by atoms with E-state index in [9.17, 15) is 28.4 Å². The molecule has 0 aromatic rings. The first-order valence-electron chi connectivity index (χ1n) is 4.17. The van der Waals surface area contributed by atoms with Crippen LogP contribution in [0.2, 0.25) is 0 Å². The van der Waals surface area contributed by atoms with Gasteiger partial charge in [-0.05, 0) is 20.8 Å². The molecule has 3 unspecified atom stereocenters. The summed E-state index contributed by atoms with van der Waals surface area (Å²) in [6, 6.07) is 0. The molecule has 6 nitrogen and oxygen atoms in total. The van der Waals surface area contributed by atoms with Crippen LogP contribution < -0.4 is 14.7 Å². The first-order chi connectivity index (χ1) is 6.81. The van der Waals surface area contributed by atoms with E-state index in [2.05, 4.69) is 0 Å². The standard InChI is InChI=1S/3C2H5O2P.Al/c3*1-2-5(3)4;/h3*2H2,1H3;/q;;;+3. The molecule has 0 aromatic carbocycles. The van der Waals surface area contributed by atoms with Crippen LogP contribution in [0.3, 0.4) is 0 Å². The minimum atomic E-state index is -2.10. The molecular weight excluding hydrogens is 288 g/mol. The van der Waals surface area contributed by atoms with Crippen LogP contribution in [0.5, 0.6) is 0 Å². The Labute approximate surface area is 109 Å². The van der Waals surface area contributed by atoms with Crippen LogP contribution in [0.1, 0.15) is 20.8 Å². The van der Waals surface area contributed by atoms with Crippen LogP contribution in [0.15, 0.2) is 0 Å². The molecule has 0 aromatic heterocycles. The van der Waals surface area contributed by atoms with Gasteiger partial charge in [0.05, 0.1) is 0 Å². The van der Waals surface area contributed by atoms with E-state index in [1.54, 1.807) is 20.8 Å². The fourth-order valence-electron chi connectivity index (χ4n) is 0. The molecule has 0 aliphatic heterocycles. The van der Waals surface area contributed by atoms with E-state index in [1.807, 2.05) is 0 Å². The van der Waals surface area contributed by atoms with Gasteiger partial charge in [0.2, 0.25) is 0 Å². The van der Waals surface area contributed by atoms with Gasteiger partial charge >= 0.3 is 41.4 Å². The van der Waals surface area contributed by atoms with E-state index in [-0.39, 0.29) is 35.8 Å². The molecule has 0 aliphatic rings. The molecule has 0 spiro atoms. The Hall–Kier alpha value is 0.712. The van der Waals surface area contributed by atoms with E-state index in [0.717, 1.165) is 0 Å². The van der Waals surface area contributed by atoms with Crippen molar-refractivity contribution in [1.82, 2.24) is 0 Å². The van der Waals surface area contributed by atoms with Crippen molar-refractivity contribution in [2.24, 2.45) is 0 Å². The molecule has 0 rings (SSSR count). The Bertz CT molecular complexity index is 167. The van der Waals surface area contributed by atoms with Crippen molar-refractivity contribution in [1.29, 1.82) is 0 Å². The van der Waals surface area contributed by atoms with Crippen LogP contribution in [0.4, 0.5) is 0 Å². The Morgan fingerprint density at radius 3 is 0.750 bits per heavy atom. The number of hydrogen-bond donors (Lipinski definition) is 0. The van der Waals surface area contributed by atoms with Gasteiger partial charge in [0, 0.05) is 0 Å². The summed E-state index contributed by atoms with van der Waals surface area (Å²) in [7, 11) is -6.29. The van der Waals surface area contributed by atoms with Crippen molar-refractivity contribution >= 4 is 41.4 Å². The zero-order chi connectivity index (χ0) is 12.9. The third kappa shape index (κ3) is 61.4. The fourth-order valence-corrected chi connectivity index (χ4v) is 0. The molecule has 90 valence electrons. The molecule has 0 aliphatic carbocycles. The molecular formula is C6H15AlO6P3+3. The quantitative estimate of drug-likeness (QED) is 0.532. The van der Waals surface area contributed by atoms with Crippen LogP contribution in [0, 0.1) is 0 Å². The zero-order valence-electron chi connectivity index (χ0n) is 9.49. The van der Waals surface area contributed by atoms with Gasteiger partial charge in [0.15, 0.2) is 0 Å². The Morgan fingerprint density at radius 2 is 0.750 bits per heavy atom. The second-order valence-corrected chi connectivity index (χ2v) is 5.84. The summed E-state index contributed by atoms with van der Waals surface area (Å²) < 4.78 is 28.2. The fraction of sp³-hybridized carbons (Fsp3) is 1.00. The van der Waals surface area contributed by atoms with Gasteiger partial charge in [-0.25, -0.2) is 0 Å². The first-order valence-corrected chi connectivity index (χ1v) is 8.25. The van der Waals surface area contributed by atoms with Gasteiger partial charge in [0.25, 0.3) is 0 Å². The third-order valence-corrected chi connectivity index (χ3v) is 2.32. The summed E-state index contributed by atoms with van der Waals surface area (Å²) in [5, 5.41) is 0. The molecule has 0 radical (unpaired) electrons. The molecule has 0 saturated heterocycles. The number of rotatable bonds is 3. The minimum Gasteiger partial charge on any atom is -0.596 e. The molecule has 0 N–H and O–H groups in total. The van der Waals surface area contributed by atoms with Crippen molar-refractivity contribution < 1.29 is 28.4 Å². The van der Waals surface area contributed by atoms with Gasteiger partial charge < -0.3 is 14.7 Å². The molecule has 0 bridgehead atoms. The summed E-state index contributed by atoms with van der Waals surface area (Å²) >= 11 is 0. The normalized spacial score (nSPS) is 10.5. The Kier molecular flexibility index (Phi) is 33.6. The van der Waals surface area contributed by atoms with Crippen molar-refractivity contribution in [2.75, 3.05) is 18.5 Å². The molecule has 0 heterocycles. The average Bonchev–Trinajstić information content (AvgIpc) is 2.19.